The zero-order valence-electron chi connectivity index (χ0n) is 12.3. The van der Waals surface area contributed by atoms with Crippen molar-refractivity contribution in [3.05, 3.63) is 18.0 Å². The zero-order valence-corrected chi connectivity index (χ0v) is 12.3. The highest BCUT2D eigenvalue weighted by atomic mass is 19.4. The number of piperidine rings is 1. The van der Waals surface area contributed by atoms with Crippen molar-refractivity contribution in [2.45, 2.75) is 37.4 Å². The first-order valence-electron chi connectivity index (χ1n) is 7.46. The molecule has 0 radical (unpaired) electrons. The van der Waals surface area contributed by atoms with Gasteiger partial charge in [0.2, 0.25) is 0 Å². The fourth-order valence-electron chi connectivity index (χ4n) is 3.00. The first kappa shape index (κ1) is 15.2. The van der Waals surface area contributed by atoms with Crippen molar-refractivity contribution in [2.75, 3.05) is 13.1 Å². The van der Waals surface area contributed by atoms with E-state index in [4.69, 9.17) is 0 Å². The lowest BCUT2D eigenvalue weighted by Gasteiger charge is -2.31. The van der Waals surface area contributed by atoms with Crippen LogP contribution in [-0.2, 0) is 7.05 Å². The first-order chi connectivity index (χ1) is 10.3. The maximum Gasteiger partial charge on any atom is 0.393 e. The van der Waals surface area contributed by atoms with Gasteiger partial charge in [-0.1, -0.05) is 0 Å². The summed E-state index contributed by atoms with van der Waals surface area (Å²) in [4.78, 5) is 13.6. The van der Waals surface area contributed by atoms with Crippen LogP contribution >= 0.6 is 0 Å². The highest BCUT2D eigenvalue weighted by molar-refractivity contribution is 5.75. The van der Waals surface area contributed by atoms with E-state index in [1.165, 1.54) is 0 Å². The van der Waals surface area contributed by atoms with Gasteiger partial charge in [0.05, 0.1) is 11.6 Å². The molecule has 0 unspecified atom stereocenters. The summed E-state index contributed by atoms with van der Waals surface area (Å²) in [6.45, 7) is 1.10. The molecule has 0 spiro atoms. The van der Waals surface area contributed by atoms with E-state index >= 15 is 0 Å². The molecule has 3 rings (SSSR count). The third kappa shape index (κ3) is 3.20. The molecule has 2 aliphatic rings. The highest BCUT2D eigenvalue weighted by Gasteiger charge is 2.56. The molecule has 22 heavy (non-hydrogen) atoms. The van der Waals surface area contributed by atoms with Crippen molar-refractivity contribution in [1.29, 1.82) is 0 Å². The quantitative estimate of drug-likeness (QED) is 0.910. The second kappa shape index (κ2) is 5.48. The Morgan fingerprint density at radius 2 is 2.05 bits per heavy atom. The molecular formula is C14H19F3N4O. The van der Waals surface area contributed by atoms with Crippen molar-refractivity contribution in [1.82, 2.24) is 20.0 Å². The smallest absolute Gasteiger partial charge is 0.335 e. The van der Waals surface area contributed by atoms with Crippen LogP contribution in [0.4, 0.5) is 18.0 Å². The Labute approximate surface area is 126 Å². The molecule has 0 bridgehead atoms. The van der Waals surface area contributed by atoms with E-state index in [1.807, 2.05) is 19.3 Å². The van der Waals surface area contributed by atoms with Gasteiger partial charge in [-0.3, -0.25) is 4.68 Å². The minimum atomic E-state index is -4.20. The van der Waals surface area contributed by atoms with Crippen LogP contribution < -0.4 is 5.32 Å². The molecule has 2 atom stereocenters. The summed E-state index contributed by atoms with van der Waals surface area (Å²) in [6.07, 6.45) is -0.738. The number of urea groups is 1. The maximum absolute atomic E-state index is 12.5. The van der Waals surface area contributed by atoms with E-state index < -0.39 is 18.1 Å². The van der Waals surface area contributed by atoms with Gasteiger partial charge in [0.15, 0.2) is 0 Å². The van der Waals surface area contributed by atoms with Crippen LogP contribution in [0, 0.1) is 5.92 Å². The minimum Gasteiger partial charge on any atom is -0.335 e. The largest absolute Gasteiger partial charge is 0.393 e. The predicted molar refractivity (Wildman–Crippen MR) is 73.2 cm³/mol. The van der Waals surface area contributed by atoms with Gasteiger partial charge >= 0.3 is 12.2 Å². The highest BCUT2D eigenvalue weighted by Crippen LogP contribution is 2.44. The molecule has 122 valence electrons. The Bertz CT molecular complexity index is 549. The fraction of sp³-hybridized carbons (Fsp3) is 0.714. The monoisotopic (exact) mass is 316 g/mol. The van der Waals surface area contributed by atoms with Gasteiger partial charge in [-0.25, -0.2) is 4.79 Å². The molecule has 2 amide bonds. The summed E-state index contributed by atoms with van der Waals surface area (Å²) in [5.41, 5.74) is 1.02. The minimum absolute atomic E-state index is 0.000357. The number of amides is 2. The maximum atomic E-state index is 12.5. The molecular weight excluding hydrogens is 297 g/mol. The van der Waals surface area contributed by atoms with E-state index in [9.17, 15) is 18.0 Å². The predicted octanol–water partition coefficient (Wildman–Crippen LogP) is 2.26. The Hall–Kier alpha value is -1.73. The van der Waals surface area contributed by atoms with Gasteiger partial charge in [-0.2, -0.15) is 18.3 Å². The van der Waals surface area contributed by atoms with Crippen LogP contribution in [0.1, 0.15) is 30.9 Å². The van der Waals surface area contributed by atoms with Crippen molar-refractivity contribution in [2.24, 2.45) is 13.0 Å². The zero-order chi connectivity index (χ0) is 15.9. The van der Waals surface area contributed by atoms with E-state index in [2.05, 4.69) is 10.4 Å². The van der Waals surface area contributed by atoms with Gasteiger partial charge in [-0.05, 0) is 25.3 Å². The summed E-state index contributed by atoms with van der Waals surface area (Å²) in [5.74, 6) is -1.06. The molecule has 2 fully saturated rings. The summed E-state index contributed by atoms with van der Waals surface area (Å²) < 4.78 is 39.1. The van der Waals surface area contributed by atoms with Gasteiger partial charge in [0.25, 0.3) is 0 Å². The van der Waals surface area contributed by atoms with Crippen LogP contribution in [0.25, 0.3) is 0 Å². The van der Waals surface area contributed by atoms with E-state index in [0.29, 0.717) is 19.0 Å². The number of hydrogen-bond donors (Lipinski definition) is 1. The summed E-state index contributed by atoms with van der Waals surface area (Å²) in [5, 5.41) is 6.86. The molecule has 8 heteroatoms. The first-order valence-corrected chi connectivity index (χ1v) is 7.46. The normalized spacial score (nSPS) is 26.1. The number of carbonyl (C=O) groups excluding carboxylic acids is 1. The lowest BCUT2D eigenvalue weighted by Crippen LogP contribution is -2.45. The third-order valence-corrected chi connectivity index (χ3v) is 4.45. The number of alkyl halides is 3. The van der Waals surface area contributed by atoms with Gasteiger partial charge in [-0.15, -0.1) is 0 Å². The SMILES string of the molecule is Cn1ccc(C2CCN(C(=O)N[C@@H]3C[C@H]3C(F)(F)F)CC2)n1. The number of nitrogens with zero attached hydrogens (tertiary/aromatic N) is 3. The standard InChI is InChI=1S/C14H19F3N4O/c1-20-5-4-11(19-20)9-2-6-21(7-3-9)13(22)18-12-8-10(12)14(15,16)17/h4-5,9-10,12H,2-3,6-8H2,1H3,(H,18,22)/t10-,12-/m1/s1. The molecule has 5 nitrogen and oxygen atoms in total. The lowest BCUT2D eigenvalue weighted by atomic mass is 9.94. The Balaban J connectivity index is 1.46. The summed E-state index contributed by atoms with van der Waals surface area (Å²) in [7, 11) is 1.86. The van der Waals surface area contributed by atoms with Crippen LogP contribution in [0.3, 0.4) is 0 Å². The summed E-state index contributed by atoms with van der Waals surface area (Å²) in [6, 6.07) is 0.843. The number of carbonyl (C=O) groups is 1. The number of aromatic nitrogens is 2. The van der Waals surface area contributed by atoms with Crippen molar-refractivity contribution >= 4 is 6.03 Å². The molecule has 0 aromatic carbocycles. The average molecular weight is 316 g/mol. The van der Waals surface area contributed by atoms with E-state index in [-0.39, 0.29) is 12.5 Å². The number of likely N-dealkylation sites (tertiary alicyclic amines) is 1. The average Bonchev–Trinajstić information content (AvgIpc) is 3.11. The Morgan fingerprint density at radius 3 is 2.55 bits per heavy atom. The summed E-state index contributed by atoms with van der Waals surface area (Å²) >= 11 is 0. The molecule has 1 aliphatic carbocycles. The van der Waals surface area contributed by atoms with Crippen molar-refractivity contribution in [3.63, 3.8) is 0 Å². The Kier molecular flexibility index (Phi) is 3.78. The van der Waals surface area contributed by atoms with Crippen LogP contribution in [0.15, 0.2) is 12.3 Å². The van der Waals surface area contributed by atoms with Crippen LogP contribution in [0.2, 0.25) is 0 Å². The van der Waals surface area contributed by atoms with Crippen molar-refractivity contribution < 1.29 is 18.0 Å². The van der Waals surface area contributed by atoms with Crippen molar-refractivity contribution in [3.8, 4) is 0 Å². The third-order valence-electron chi connectivity index (χ3n) is 4.45. The van der Waals surface area contributed by atoms with Gasteiger partial charge in [0, 0.05) is 38.3 Å². The molecule has 1 aromatic heterocycles. The van der Waals surface area contributed by atoms with Gasteiger partial charge in [0.1, 0.15) is 0 Å². The molecule has 1 aromatic rings. The second-order valence-electron chi connectivity index (χ2n) is 6.12. The Morgan fingerprint density at radius 1 is 1.36 bits per heavy atom. The molecule has 1 saturated heterocycles. The van der Waals surface area contributed by atoms with Gasteiger partial charge < -0.3 is 10.2 Å². The van der Waals surface area contributed by atoms with E-state index in [0.717, 1.165) is 18.5 Å². The molecule has 1 saturated carbocycles. The topological polar surface area (TPSA) is 50.2 Å². The number of aryl methyl sites for hydroxylation is 1. The van der Waals surface area contributed by atoms with E-state index in [1.54, 1.807) is 9.58 Å². The van der Waals surface area contributed by atoms with Crippen LogP contribution in [-0.4, -0.2) is 46.0 Å². The number of halogens is 3. The number of hydrogen-bond acceptors (Lipinski definition) is 2. The molecule has 2 heterocycles. The lowest BCUT2D eigenvalue weighted by molar-refractivity contribution is -0.148. The fourth-order valence-corrected chi connectivity index (χ4v) is 3.00. The number of nitrogens with one attached hydrogen (secondary N) is 1. The molecule has 1 aliphatic heterocycles. The number of rotatable bonds is 2. The second-order valence-corrected chi connectivity index (χ2v) is 6.12. The molecule has 1 N–H and O–H groups in total. The van der Waals surface area contributed by atoms with Crippen LogP contribution in [0.5, 0.6) is 0 Å².